The molecule has 1 aliphatic rings. The molecule has 108 valence electrons. The normalized spacial score (nSPS) is 17.4. The van der Waals surface area contributed by atoms with Crippen molar-refractivity contribution in [2.24, 2.45) is 5.73 Å². The zero-order chi connectivity index (χ0) is 15.0. The number of nitrogen functional groups attached to an aromatic ring is 1. The average molecular weight is 344 g/mol. The summed E-state index contributed by atoms with van der Waals surface area (Å²) >= 11 is 3.53. The fraction of sp³-hybridized carbons (Fsp3) is 0.235. The minimum atomic E-state index is 0.0838. The molecule has 3 nitrogen and oxygen atoms in total. The number of fused-ring (bicyclic) bond motifs is 1. The van der Waals surface area contributed by atoms with Crippen LogP contribution in [0.3, 0.4) is 0 Å². The predicted octanol–water partition coefficient (Wildman–Crippen LogP) is 4.21. The molecule has 0 amide bonds. The van der Waals surface area contributed by atoms with E-state index in [1.165, 1.54) is 11.3 Å². The number of hydrogen-bond donors (Lipinski definition) is 2. The molecule has 0 fully saturated rings. The van der Waals surface area contributed by atoms with Gasteiger partial charge in [0.25, 0.3) is 0 Å². The van der Waals surface area contributed by atoms with E-state index >= 15 is 0 Å². The Hall–Kier alpha value is -1.81. The van der Waals surface area contributed by atoms with Gasteiger partial charge in [-0.3, -0.25) is 5.41 Å². The van der Waals surface area contributed by atoms with Gasteiger partial charge in [0, 0.05) is 27.5 Å². The van der Waals surface area contributed by atoms with Crippen LogP contribution in [0.4, 0.5) is 11.4 Å². The third-order valence-corrected chi connectivity index (χ3v) is 4.70. The van der Waals surface area contributed by atoms with Gasteiger partial charge in [-0.1, -0.05) is 18.2 Å². The van der Waals surface area contributed by atoms with Crippen LogP contribution in [-0.2, 0) is 6.42 Å². The summed E-state index contributed by atoms with van der Waals surface area (Å²) in [5, 5.41) is 7.58. The van der Waals surface area contributed by atoms with Gasteiger partial charge in [-0.2, -0.15) is 0 Å². The van der Waals surface area contributed by atoms with Crippen LogP contribution in [0.1, 0.15) is 24.5 Å². The van der Waals surface area contributed by atoms with Crippen LogP contribution in [0.2, 0.25) is 0 Å². The molecule has 2 aromatic carbocycles. The number of anilines is 2. The van der Waals surface area contributed by atoms with Gasteiger partial charge in [0.2, 0.25) is 0 Å². The van der Waals surface area contributed by atoms with Crippen molar-refractivity contribution in [2.45, 2.75) is 25.8 Å². The summed E-state index contributed by atoms with van der Waals surface area (Å²) in [6, 6.07) is 15.0. The molecule has 0 spiro atoms. The van der Waals surface area contributed by atoms with Crippen molar-refractivity contribution in [3.63, 3.8) is 0 Å². The highest BCUT2D eigenvalue weighted by Gasteiger charge is 2.24. The van der Waals surface area contributed by atoms with E-state index in [9.17, 15) is 0 Å². The number of rotatable bonds is 2. The Bertz CT molecular complexity index is 696. The van der Waals surface area contributed by atoms with E-state index in [1.807, 2.05) is 12.1 Å². The minimum Gasteiger partial charge on any atom is -0.384 e. The predicted molar refractivity (Wildman–Crippen MR) is 91.5 cm³/mol. The first-order valence-electron chi connectivity index (χ1n) is 7.09. The monoisotopic (exact) mass is 343 g/mol. The Kier molecular flexibility index (Phi) is 3.72. The van der Waals surface area contributed by atoms with Crippen LogP contribution < -0.4 is 10.6 Å². The molecule has 0 aromatic heterocycles. The van der Waals surface area contributed by atoms with Crippen LogP contribution >= 0.6 is 15.9 Å². The average Bonchev–Trinajstić information content (AvgIpc) is 2.46. The maximum absolute atomic E-state index is 7.58. The molecule has 3 rings (SSSR count). The van der Waals surface area contributed by atoms with Gasteiger partial charge in [-0.25, -0.2) is 0 Å². The molecule has 1 unspecified atom stereocenters. The lowest BCUT2D eigenvalue weighted by atomic mass is 9.96. The van der Waals surface area contributed by atoms with Crippen molar-refractivity contribution in [3.05, 3.63) is 58.1 Å². The maximum atomic E-state index is 7.58. The smallest absolute Gasteiger partial charge is 0.123 e. The SMILES string of the molecule is CC1CCc2ccccc2N1c1ccc(C(=N)N)c(Br)c1. The van der Waals surface area contributed by atoms with Crippen molar-refractivity contribution in [1.82, 2.24) is 0 Å². The molecule has 1 aliphatic heterocycles. The second-order valence-electron chi connectivity index (χ2n) is 5.46. The molecule has 1 atom stereocenters. The van der Waals surface area contributed by atoms with Gasteiger partial charge in [-0.05, 0) is 65.5 Å². The number of hydrogen-bond acceptors (Lipinski definition) is 2. The van der Waals surface area contributed by atoms with Crippen LogP contribution in [-0.4, -0.2) is 11.9 Å². The summed E-state index contributed by atoms with van der Waals surface area (Å²) in [5.74, 6) is 0.0838. The molecule has 0 radical (unpaired) electrons. The number of aryl methyl sites for hydroxylation is 1. The highest BCUT2D eigenvalue weighted by Crippen LogP contribution is 2.38. The fourth-order valence-electron chi connectivity index (χ4n) is 2.95. The van der Waals surface area contributed by atoms with Crippen molar-refractivity contribution in [1.29, 1.82) is 5.41 Å². The van der Waals surface area contributed by atoms with E-state index < -0.39 is 0 Å². The third kappa shape index (κ3) is 2.56. The Morgan fingerprint density at radius 2 is 2.05 bits per heavy atom. The minimum absolute atomic E-state index is 0.0838. The number of halogens is 1. The molecule has 0 aliphatic carbocycles. The Labute approximate surface area is 133 Å². The van der Waals surface area contributed by atoms with E-state index in [0.717, 1.165) is 28.6 Å². The third-order valence-electron chi connectivity index (χ3n) is 4.04. The molecule has 21 heavy (non-hydrogen) atoms. The number of nitrogens with two attached hydrogens (primary N) is 1. The van der Waals surface area contributed by atoms with Gasteiger partial charge < -0.3 is 10.6 Å². The zero-order valence-corrected chi connectivity index (χ0v) is 13.5. The van der Waals surface area contributed by atoms with Gasteiger partial charge in [0.05, 0.1) is 0 Å². The first-order chi connectivity index (χ1) is 10.1. The summed E-state index contributed by atoms with van der Waals surface area (Å²) in [7, 11) is 0. The summed E-state index contributed by atoms with van der Waals surface area (Å²) in [5.41, 5.74) is 10.1. The van der Waals surface area contributed by atoms with Gasteiger partial charge >= 0.3 is 0 Å². The van der Waals surface area contributed by atoms with Gasteiger partial charge in [0.1, 0.15) is 5.84 Å². The van der Waals surface area contributed by atoms with Crippen molar-refractivity contribution >= 4 is 33.1 Å². The number of nitrogens with one attached hydrogen (secondary N) is 1. The van der Waals surface area contributed by atoms with E-state index in [-0.39, 0.29) is 5.84 Å². The molecule has 4 heteroatoms. The standard InChI is InChI=1S/C17H18BrN3/c1-11-6-7-12-4-2-3-5-16(12)21(11)13-8-9-14(17(19)20)15(18)10-13/h2-5,8-11H,6-7H2,1H3,(H3,19,20). The van der Waals surface area contributed by atoms with E-state index in [1.54, 1.807) is 0 Å². The lowest BCUT2D eigenvalue weighted by molar-refractivity contribution is 0.618. The Morgan fingerprint density at radius 1 is 1.29 bits per heavy atom. The maximum Gasteiger partial charge on any atom is 0.123 e. The van der Waals surface area contributed by atoms with Crippen LogP contribution in [0.5, 0.6) is 0 Å². The molecule has 0 saturated carbocycles. The fourth-order valence-corrected chi connectivity index (χ4v) is 3.53. The topological polar surface area (TPSA) is 53.1 Å². The number of benzene rings is 2. The molecule has 0 saturated heterocycles. The number of nitrogens with zero attached hydrogens (tertiary/aromatic N) is 1. The zero-order valence-electron chi connectivity index (χ0n) is 11.9. The lowest BCUT2D eigenvalue weighted by Crippen LogP contribution is -2.33. The number of amidine groups is 1. The quantitative estimate of drug-likeness (QED) is 0.633. The second-order valence-corrected chi connectivity index (χ2v) is 6.32. The lowest BCUT2D eigenvalue weighted by Gasteiger charge is -2.37. The molecule has 2 aromatic rings. The van der Waals surface area contributed by atoms with E-state index in [2.05, 4.69) is 58.1 Å². The Balaban J connectivity index is 2.07. The largest absolute Gasteiger partial charge is 0.384 e. The van der Waals surface area contributed by atoms with Crippen LogP contribution in [0.15, 0.2) is 46.9 Å². The van der Waals surface area contributed by atoms with Crippen molar-refractivity contribution in [2.75, 3.05) is 4.90 Å². The molecule has 3 N–H and O–H groups in total. The first-order valence-corrected chi connectivity index (χ1v) is 7.88. The van der Waals surface area contributed by atoms with Crippen LogP contribution in [0, 0.1) is 5.41 Å². The summed E-state index contributed by atoms with van der Waals surface area (Å²) in [4.78, 5) is 2.37. The van der Waals surface area contributed by atoms with E-state index in [0.29, 0.717) is 6.04 Å². The molecule has 1 heterocycles. The van der Waals surface area contributed by atoms with Gasteiger partial charge in [-0.15, -0.1) is 0 Å². The molecular formula is C17H18BrN3. The molecular weight excluding hydrogens is 326 g/mol. The highest BCUT2D eigenvalue weighted by molar-refractivity contribution is 9.10. The first kappa shape index (κ1) is 14.1. The van der Waals surface area contributed by atoms with E-state index in [4.69, 9.17) is 11.1 Å². The van der Waals surface area contributed by atoms with Gasteiger partial charge in [0.15, 0.2) is 0 Å². The van der Waals surface area contributed by atoms with Crippen molar-refractivity contribution in [3.8, 4) is 0 Å². The summed E-state index contributed by atoms with van der Waals surface area (Å²) < 4.78 is 0.864. The molecule has 0 bridgehead atoms. The van der Waals surface area contributed by atoms with Crippen LogP contribution in [0.25, 0.3) is 0 Å². The second kappa shape index (κ2) is 5.53. The number of para-hydroxylation sites is 1. The summed E-state index contributed by atoms with van der Waals surface area (Å²) in [6.45, 7) is 2.25. The highest BCUT2D eigenvalue weighted by atomic mass is 79.9. The van der Waals surface area contributed by atoms with Crippen molar-refractivity contribution < 1.29 is 0 Å². The Morgan fingerprint density at radius 3 is 2.76 bits per heavy atom. The summed E-state index contributed by atoms with van der Waals surface area (Å²) in [6.07, 6.45) is 2.27.